The molecule has 0 aliphatic carbocycles. The quantitative estimate of drug-likeness (QED) is 0.200. The number of carbonyl (C=O) groups is 1. The molecule has 1 atom stereocenters. The van der Waals surface area contributed by atoms with E-state index in [1.807, 2.05) is 0 Å². The van der Waals surface area contributed by atoms with Crippen molar-refractivity contribution in [1.82, 2.24) is 0 Å². The molecule has 0 fully saturated rings. The predicted octanol–water partition coefficient (Wildman–Crippen LogP) is 0.551. The Kier molecular flexibility index (Phi) is 3.66. The summed E-state index contributed by atoms with van der Waals surface area (Å²) in [5, 5.41) is 7.87. The number of esters is 1. The van der Waals surface area contributed by atoms with E-state index in [0.29, 0.717) is 0 Å². The molecule has 4 heteroatoms. The minimum absolute atomic E-state index is 0.628. The van der Waals surface area contributed by atoms with E-state index in [1.54, 1.807) is 0 Å². The first-order valence-corrected chi connectivity index (χ1v) is 2.34. The molecule has 9 heavy (non-hydrogen) atoms. The Morgan fingerprint density at radius 2 is 2.44 bits per heavy atom. The maximum absolute atomic E-state index is 10.2. The topological polar surface area (TPSA) is 55.8 Å². The fourth-order valence-electron chi connectivity index (χ4n) is 0.233. The van der Waals surface area contributed by atoms with Gasteiger partial charge in [-0.25, -0.2) is 10.1 Å². The Hall–Kier alpha value is -0.870. The highest BCUT2D eigenvalue weighted by Gasteiger charge is 2.03. The summed E-state index contributed by atoms with van der Waals surface area (Å²) in [4.78, 5) is 13.9. The van der Waals surface area contributed by atoms with Crippen molar-refractivity contribution in [3.05, 3.63) is 12.7 Å². The monoisotopic (exact) mass is 132 g/mol. The van der Waals surface area contributed by atoms with Gasteiger partial charge in [0.2, 0.25) is 6.29 Å². The Bertz CT molecular complexity index is 110. The molecule has 1 N–H and O–H groups in total. The lowest BCUT2D eigenvalue weighted by Gasteiger charge is -2.05. The van der Waals surface area contributed by atoms with Crippen LogP contribution in [0.3, 0.4) is 0 Å². The van der Waals surface area contributed by atoms with Crippen LogP contribution in [0.2, 0.25) is 0 Å². The second-order valence-electron chi connectivity index (χ2n) is 1.31. The molecule has 0 radical (unpaired) electrons. The van der Waals surface area contributed by atoms with E-state index in [9.17, 15) is 4.79 Å². The molecular formula is C5H8O4. The number of hydrogen-bond donors (Lipinski definition) is 1. The van der Waals surface area contributed by atoms with Gasteiger partial charge in [-0.3, -0.25) is 0 Å². The molecule has 0 aromatic heterocycles. The van der Waals surface area contributed by atoms with Crippen molar-refractivity contribution >= 4 is 5.97 Å². The van der Waals surface area contributed by atoms with E-state index in [1.165, 1.54) is 6.92 Å². The van der Waals surface area contributed by atoms with Crippen LogP contribution in [-0.4, -0.2) is 17.5 Å². The average Bonchev–Trinajstić information content (AvgIpc) is 1.87. The van der Waals surface area contributed by atoms with Crippen molar-refractivity contribution < 1.29 is 19.7 Å². The second kappa shape index (κ2) is 4.05. The van der Waals surface area contributed by atoms with E-state index in [2.05, 4.69) is 16.2 Å². The van der Waals surface area contributed by atoms with Crippen molar-refractivity contribution in [1.29, 1.82) is 0 Å². The normalized spacial score (nSPS) is 12.2. The molecule has 0 bridgehead atoms. The molecule has 0 saturated heterocycles. The Morgan fingerprint density at radius 3 is 2.78 bits per heavy atom. The van der Waals surface area contributed by atoms with Gasteiger partial charge in [0.25, 0.3) is 0 Å². The smallest absolute Gasteiger partial charge is 0.332 e. The lowest BCUT2D eigenvalue weighted by Crippen LogP contribution is -2.14. The molecule has 0 aromatic carbocycles. The van der Waals surface area contributed by atoms with Crippen LogP contribution in [0.4, 0.5) is 0 Å². The molecular weight excluding hydrogens is 124 g/mol. The summed E-state index contributed by atoms with van der Waals surface area (Å²) in [6.07, 6.45) is 0.0469. The van der Waals surface area contributed by atoms with Crippen molar-refractivity contribution in [2.24, 2.45) is 0 Å². The molecule has 0 aliphatic heterocycles. The first-order valence-electron chi connectivity index (χ1n) is 2.34. The Morgan fingerprint density at radius 1 is 1.89 bits per heavy atom. The highest BCUT2D eigenvalue weighted by Crippen LogP contribution is 1.90. The largest absolute Gasteiger partial charge is 0.430 e. The summed E-state index contributed by atoms with van der Waals surface area (Å²) < 4.78 is 4.32. The lowest BCUT2D eigenvalue weighted by molar-refractivity contribution is -0.329. The number of carbonyl (C=O) groups excluding carboxylic acids is 1. The molecule has 0 saturated carbocycles. The standard InChI is InChI=1S/C5H8O4/c1-3-5(6)8-4(2)9-7/h3-4,7H,1H2,2H3. The molecule has 0 spiro atoms. The number of ether oxygens (including phenoxy) is 1. The van der Waals surface area contributed by atoms with Crippen LogP contribution in [0.15, 0.2) is 12.7 Å². The van der Waals surface area contributed by atoms with Gasteiger partial charge in [0.05, 0.1) is 0 Å². The highest BCUT2D eigenvalue weighted by atomic mass is 17.1. The number of rotatable bonds is 3. The zero-order chi connectivity index (χ0) is 7.28. The zero-order valence-corrected chi connectivity index (χ0v) is 5.03. The third-order valence-electron chi connectivity index (χ3n) is 0.597. The summed E-state index contributed by atoms with van der Waals surface area (Å²) in [6.45, 7) is 4.51. The van der Waals surface area contributed by atoms with E-state index in [4.69, 9.17) is 5.26 Å². The highest BCUT2D eigenvalue weighted by molar-refractivity contribution is 5.81. The van der Waals surface area contributed by atoms with Gasteiger partial charge in [-0.2, -0.15) is 4.89 Å². The van der Waals surface area contributed by atoms with Gasteiger partial charge >= 0.3 is 5.97 Å². The van der Waals surface area contributed by atoms with Crippen LogP contribution in [-0.2, 0) is 14.4 Å². The average molecular weight is 132 g/mol. The molecule has 0 amide bonds. The van der Waals surface area contributed by atoms with E-state index in [-0.39, 0.29) is 0 Å². The summed E-state index contributed by atoms with van der Waals surface area (Å²) in [6, 6.07) is 0. The minimum atomic E-state index is -0.935. The fraction of sp³-hybridized carbons (Fsp3) is 0.400. The third-order valence-corrected chi connectivity index (χ3v) is 0.597. The van der Waals surface area contributed by atoms with Crippen LogP contribution in [0.1, 0.15) is 6.92 Å². The van der Waals surface area contributed by atoms with Crippen LogP contribution in [0.5, 0.6) is 0 Å². The fourth-order valence-corrected chi connectivity index (χ4v) is 0.233. The van der Waals surface area contributed by atoms with Crippen LogP contribution in [0, 0.1) is 0 Å². The van der Waals surface area contributed by atoms with Crippen molar-refractivity contribution in [2.75, 3.05) is 0 Å². The van der Waals surface area contributed by atoms with Crippen molar-refractivity contribution in [3.63, 3.8) is 0 Å². The molecule has 0 heterocycles. The van der Waals surface area contributed by atoms with Crippen molar-refractivity contribution in [3.8, 4) is 0 Å². The van der Waals surface area contributed by atoms with E-state index in [0.717, 1.165) is 6.08 Å². The summed E-state index contributed by atoms with van der Waals surface area (Å²) in [7, 11) is 0. The molecule has 0 aliphatic rings. The Labute approximate surface area is 52.6 Å². The summed E-state index contributed by atoms with van der Waals surface area (Å²) in [5.41, 5.74) is 0. The molecule has 52 valence electrons. The third kappa shape index (κ3) is 3.69. The van der Waals surface area contributed by atoms with Gasteiger partial charge in [0.15, 0.2) is 0 Å². The van der Waals surface area contributed by atoms with Crippen LogP contribution in [0.25, 0.3) is 0 Å². The van der Waals surface area contributed by atoms with Crippen LogP contribution >= 0.6 is 0 Å². The molecule has 4 nitrogen and oxygen atoms in total. The van der Waals surface area contributed by atoms with Gasteiger partial charge in [0.1, 0.15) is 0 Å². The van der Waals surface area contributed by atoms with Gasteiger partial charge < -0.3 is 4.74 Å². The number of hydrogen-bond acceptors (Lipinski definition) is 4. The summed E-state index contributed by atoms with van der Waals surface area (Å²) in [5.74, 6) is -0.628. The van der Waals surface area contributed by atoms with Gasteiger partial charge in [-0.15, -0.1) is 0 Å². The zero-order valence-electron chi connectivity index (χ0n) is 5.03. The SMILES string of the molecule is C=CC(=O)OC(C)OO. The molecule has 0 rings (SSSR count). The van der Waals surface area contributed by atoms with Crippen LogP contribution < -0.4 is 0 Å². The van der Waals surface area contributed by atoms with E-state index < -0.39 is 12.3 Å². The lowest BCUT2D eigenvalue weighted by atomic mass is 10.6. The first kappa shape index (κ1) is 8.13. The minimum Gasteiger partial charge on any atom is -0.430 e. The maximum Gasteiger partial charge on any atom is 0.332 e. The van der Waals surface area contributed by atoms with Gasteiger partial charge in [0, 0.05) is 13.0 Å². The second-order valence-corrected chi connectivity index (χ2v) is 1.31. The predicted molar refractivity (Wildman–Crippen MR) is 29.5 cm³/mol. The molecule has 0 aromatic rings. The maximum atomic E-state index is 10.2. The van der Waals surface area contributed by atoms with Gasteiger partial charge in [-0.05, 0) is 0 Å². The molecule has 1 unspecified atom stereocenters. The Balaban J connectivity index is 3.46. The van der Waals surface area contributed by atoms with E-state index >= 15 is 0 Å². The van der Waals surface area contributed by atoms with Gasteiger partial charge in [-0.1, -0.05) is 6.58 Å². The van der Waals surface area contributed by atoms with Crippen molar-refractivity contribution in [2.45, 2.75) is 13.2 Å². The first-order chi connectivity index (χ1) is 4.20. The summed E-state index contributed by atoms with van der Waals surface area (Å²) >= 11 is 0.